The van der Waals surface area contributed by atoms with Crippen LogP contribution in [0.3, 0.4) is 0 Å². The van der Waals surface area contributed by atoms with Crippen molar-refractivity contribution in [2.75, 3.05) is 30.3 Å². The highest BCUT2D eigenvalue weighted by Gasteiger charge is 2.26. The Morgan fingerprint density at radius 1 is 1.57 bits per heavy atom. The predicted molar refractivity (Wildman–Crippen MR) is 79.2 cm³/mol. The number of hydrogen-bond acceptors (Lipinski definition) is 4. The van der Waals surface area contributed by atoms with Crippen molar-refractivity contribution in [1.82, 2.24) is 0 Å². The molecule has 1 atom stereocenters. The average molecular weight is 296 g/mol. The SMILES string of the molecule is CCCOC1CCCN(c2ccc(F)c(N)c2C(=O)O)C1. The monoisotopic (exact) mass is 296 g/mol. The molecule has 2 rings (SSSR count). The summed E-state index contributed by atoms with van der Waals surface area (Å²) in [5.74, 6) is -1.91. The zero-order chi connectivity index (χ0) is 15.4. The lowest BCUT2D eigenvalue weighted by Gasteiger charge is -2.35. The molecule has 1 aromatic carbocycles. The number of hydrogen-bond donors (Lipinski definition) is 2. The number of aromatic carboxylic acids is 1. The van der Waals surface area contributed by atoms with Crippen molar-refractivity contribution in [3.63, 3.8) is 0 Å². The van der Waals surface area contributed by atoms with Crippen LogP contribution in [0, 0.1) is 5.82 Å². The molecule has 0 bridgehead atoms. The lowest BCUT2D eigenvalue weighted by molar-refractivity contribution is 0.0439. The predicted octanol–water partition coefficient (Wildman–Crippen LogP) is 2.50. The van der Waals surface area contributed by atoms with E-state index in [0.29, 0.717) is 18.8 Å². The Hall–Kier alpha value is -1.82. The van der Waals surface area contributed by atoms with Crippen molar-refractivity contribution < 1.29 is 19.0 Å². The third-order valence-corrected chi connectivity index (χ3v) is 3.66. The summed E-state index contributed by atoms with van der Waals surface area (Å²) in [6.45, 7) is 4.06. The van der Waals surface area contributed by atoms with Gasteiger partial charge in [-0.25, -0.2) is 9.18 Å². The number of benzene rings is 1. The molecular formula is C15H21FN2O3. The Labute approximate surface area is 123 Å². The van der Waals surface area contributed by atoms with Crippen LogP contribution < -0.4 is 10.6 Å². The fourth-order valence-corrected chi connectivity index (χ4v) is 2.65. The van der Waals surface area contributed by atoms with Crippen LogP contribution in [-0.4, -0.2) is 36.9 Å². The molecule has 0 radical (unpaired) electrons. The molecule has 1 aliphatic heterocycles. The van der Waals surface area contributed by atoms with Crippen molar-refractivity contribution in [1.29, 1.82) is 0 Å². The van der Waals surface area contributed by atoms with Gasteiger partial charge >= 0.3 is 5.97 Å². The smallest absolute Gasteiger partial charge is 0.340 e. The van der Waals surface area contributed by atoms with E-state index in [1.165, 1.54) is 12.1 Å². The Morgan fingerprint density at radius 3 is 3.00 bits per heavy atom. The maximum Gasteiger partial charge on any atom is 0.340 e. The van der Waals surface area contributed by atoms with Gasteiger partial charge in [0.15, 0.2) is 0 Å². The molecule has 5 nitrogen and oxygen atoms in total. The Kier molecular flexibility index (Phi) is 5.01. The average Bonchev–Trinajstić information content (AvgIpc) is 2.47. The molecule has 1 heterocycles. The van der Waals surface area contributed by atoms with E-state index in [-0.39, 0.29) is 17.4 Å². The van der Waals surface area contributed by atoms with Crippen LogP contribution in [0.5, 0.6) is 0 Å². The van der Waals surface area contributed by atoms with Gasteiger partial charge in [-0.2, -0.15) is 0 Å². The van der Waals surface area contributed by atoms with Crippen LogP contribution >= 0.6 is 0 Å². The third-order valence-electron chi connectivity index (χ3n) is 3.66. The maximum absolute atomic E-state index is 13.5. The van der Waals surface area contributed by atoms with E-state index in [1.54, 1.807) is 0 Å². The van der Waals surface area contributed by atoms with E-state index in [4.69, 9.17) is 10.5 Å². The van der Waals surface area contributed by atoms with Gasteiger partial charge < -0.3 is 20.5 Å². The number of halogens is 1. The molecule has 6 heteroatoms. The van der Waals surface area contributed by atoms with Gasteiger partial charge in [0.1, 0.15) is 11.4 Å². The third kappa shape index (κ3) is 3.44. The standard InChI is InChI=1S/C15H21FN2O3/c1-2-8-21-10-4-3-7-18(9-10)12-6-5-11(16)14(17)13(12)15(19)20/h5-6,10H,2-4,7-9,17H2,1H3,(H,19,20). The first kappa shape index (κ1) is 15.6. The molecule has 1 unspecified atom stereocenters. The highest BCUT2D eigenvalue weighted by Crippen LogP contribution is 2.30. The van der Waals surface area contributed by atoms with E-state index in [9.17, 15) is 14.3 Å². The van der Waals surface area contributed by atoms with Gasteiger partial charge in [0.25, 0.3) is 0 Å². The Bertz CT molecular complexity index is 522. The topological polar surface area (TPSA) is 75.8 Å². The second-order valence-corrected chi connectivity index (χ2v) is 5.24. The fourth-order valence-electron chi connectivity index (χ4n) is 2.65. The van der Waals surface area contributed by atoms with Crippen molar-refractivity contribution in [2.45, 2.75) is 32.3 Å². The molecule has 21 heavy (non-hydrogen) atoms. The highest BCUT2D eigenvalue weighted by molar-refractivity contribution is 6.00. The zero-order valence-corrected chi connectivity index (χ0v) is 12.1. The number of nitrogens with zero attached hydrogens (tertiary/aromatic N) is 1. The number of anilines is 2. The first-order chi connectivity index (χ1) is 10.0. The molecule has 1 saturated heterocycles. The van der Waals surface area contributed by atoms with Gasteiger partial charge in [0, 0.05) is 19.7 Å². The second-order valence-electron chi connectivity index (χ2n) is 5.24. The minimum atomic E-state index is -1.21. The lowest BCUT2D eigenvalue weighted by Crippen LogP contribution is -2.40. The number of rotatable bonds is 5. The summed E-state index contributed by atoms with van der Waals surface area (Å²) < 4.78 is 19.2. The summed E-state index contributed by atoms with van der Waals surface area (Å²) in [7, 11) is 0. The summed E-state index contributed by atoms with van der Waals surface area (Å²) in [4.78, 5) is 13.3. The first-order valence-electron chi connectivity index (χ1n) is 7.22. The quantitative estimate of drug-likeness (QED) is 0.816. The molecule has 0 aromatic heterocycles. The number of carbonyl (C=O) groups is 1. The summed E-state index contributed by atoms with van der Waals surface area (Å²) in [6.07, 6.45) is 2.88. The zero-order valence-electron chi connectivity index (χ0n) is 12.1. The number of carboxylic acid groups (broad SMARTS) is 1. The second kappa shape index (κ2) is 6.76. The van der Waals surface area contributed by atoms with Crippen LogP contribution in [0.4, 0.5) is 15.8 Å². The van der Waals surface area contributed by atoms with Gasteiger partial charge in [0.2, 0.25) is 0 Å². The van der Waals surface area contributed by atoms with Crippen molar-refractivity contribution in [2.24, 2.45) is 0 Å². The minimum absolute atomic E-state index is 0.0756. The summed E-state index contributed by atoms with van der Waals surface area (Å²) in [6, 6.07) is 2.70. The van der Waals surface area contributed by atoms with Crippen molar-refractivity contribution in [3.8, 4) is 0 Å². The molecule has 0 amide bonds. The maximum atomic E-state index is 13.5. The van der Waals surface area contributed by atoms with Gasteiger partial charge in [-0.15, -0.1) is 0 Å². The summed E-state index contributed by atoms with van der Waals surface area (Å²) in [5.41, 5.74) is 5.59. The highest BCUT2D eigenvalue weighted by atomic mass is 19.1. The molecule has 116 valence electrons. The van der Waals surface area contributed by atoms with Gasteiger partial charge in [-0.3, -0.25) is 0 Å². The number of ether oxygens (including phenoxy) is 1. The minimum Gasteiger partial charge on any atom is -0.478 e. The molecule has 3 N–H and O–H groups in total. The van der Waals surface area contributed by atoms with Crippen molar-refractivity contribution in [3.05, 3.63) is 23.5 Å². The Morgan fingerprint density at radius 2 is 2.33 bits per heavy atom. The van der Waals surface area contributed by atoms with E-state index in [2.05, 4.69) is 0 Å². The van der Waals surface area contributed by atoms with E-state index < -0.39 is 11.8 Å². The molecule has 1 fully saturated rings. The van der Waals surface area contributed by atoms with E-state index in [0.717, 1.165) is 25.8 Å². The normalized spacial score (nSPS) is 18.8. The molecular weight excluding hydrogens is 275 g/mol. The number of piperidine rings is 1. The van der Waals surface area contributed by atoms with Crippen LogP contribution in [0.25, 0.3) is 0 Å². The fraction of sp³-hybridized carbons (Fsp3) is 0.533. The van der Waals surface area contributed by atoms with Crippen molar-refractivity contribution >= 4 is 17.3 Å². The number of nitrogen functional groups attached to an aromatic ring is 1. The Balaban J connectivity index is 2.25. The largest absolute Gasteiger partial charge is 0.478 e. The van der Waals surface area contributed by atoms with Gasteiger partial charge in [-0.1, -0.05) is 6.92 Å². The lowest BCUT2D eigenvalue weighted by atomic mass is 10.0. The molecule has 0 aliphatic carbocycles. The number of carboxylic acids is 1. The summed E-state index contributed by atoms with van der Waals surface area (Å²) in [5, 5.41) is 9.30. The van der Waals surface area contributed by atoms with Crippen LogP contribution in [-0.2, 0) is 4.74 Å². The van der Waals surface area contributed by atoms with Crippen LogP contribution in [0.15, 0.2) is 12.1 Å². The van der Waals surface area contributed by atoms with E-state index >= 15 is 0 Å². The van der Waals surface area contributed by atoms with Crippen LogP contribution in [0.2, 0.25) is 0 Å². The molecule has 1 aromatic rings. The van der Waals surface area contributed by atoms with Gasteiger partial charge in [0.05, 0.1) is 17.5 Å². The number of nitrogens with two attached hydrogens (primary N) is 1. The first-order valence-corrected chi connectivity index (χ1v) is 7.22. The van der Waals surface area contributed by atoms with Gasteiger partial charge in [-0.05, 0) is 31.4 Å². The molecule has 0 spiro atoms. The van der Waals surface area contributed by atoms with Crippen LogP contribution in [0.1, 0.15) is 36.5 Å². The molecule has 0 saturated carbocycles. The molecule has 1 aliphatic rings. The van der Waals surface area contributed by atoms with E-state index in [1.807, 2.05) is 11.8 Å². The summed E-state index contributed by atoms with van der Waals surface area (Å²) >= 11 is 0.